The first kappa shape index (κ1) is 27.2. The maximum atomic E-state index is 13.9. The molecule has 4 rings (SSSR count). The van der Waals surface area contributed by atoms with Gasteiger partial charge >= 0.3 is 0 Å². The molecule has 194 valence electrons. The second kappa shape index (κ2) is 12.6. The Kier molecular flexibility index (Phi) is 8.76. The summed E-state index contributed by atoms with van der Waals surface area (Å²) in [6.07, 6.45) is 3.93. The first-order valence-corrected chi connectivity index (χ1v) is 12.1. The van der Waals surface area contributed by atoms with E-state index in [1.54, 1.807) is 30.3 Å². The summed E-state index contributed by atoms with van der Waals surface area (Å²) in [6.45, 7) is 0. The van der Waals surface area contributed by atoms with Gasteiger partial charge < -0.3 is 10.6 Å². The van der Waals surface area contributed by atoms with Crippen molar-refractivity contribution < 1.29 is 23.2 Å². The van der Waals surface area contributed by atoms with E-state index in [4.69, 9.17) is 11.6 Å². The number of hydrogen-bond donors (Lipinski definition) is 2. The predicted molar refractivity (Wildman–Crippen MR) is 148 cm³/mol. The van der Waals surface area contributed by atoms with Crippen LogP contribution in [0.2, 0.25) is 5.02 Å². The highest BCUT2D eigenvalue weighted by molar-refractivity contribution is 6.32. The summed E-state index contributed by atoms with van der Waals surface area (Å²) in [6, 6.07) is 24.1. The van der Waals surface area contributed by atoms with Crippen molar-refractivity contribution in [3.63, 3.8) is 0 Å². The molecule has 0 bridgehead atoms. The van der Waals surface area contributed by atoms with Crippen LogP contribution in [-0.4, -0.2) is 17.6 Å². The maximum absolute atomic E-state index is 13.9. The number of carbonyl (C=O) groups excluding carboxylic acids is 3. The van der Waals surface area contributed by atoms with E-state index in [2.05, 4.69) is 10.6 Å². The Morgan fingerprint density at radius 1 is 0.744 bits per heavy atom. The van der Waals surface area contributed by atoms with Crippen molar-refractivity contribution in [2.45, 2.75) is 0 Å². The quantitative estimate of drug-likeness (QED) is 0.187. The summed E-state index contributed by atoms with van der Waals surface area (Å²) in [5, 5.41) is 5.46. The first-order chi connectivity index (χ1) is 18.8. The van der Waals surface area contributed by atoms with E-state index in [0.29, 0.717) is 22.4 Å². The van der Waals surface area contributed by atoms with Crippen LogP contribution in [0.5, 0.6) is 0 Å². The number of halogens is 3. The van der Waals surface area contributed by atoms with Gasteiger partial charge in [0.15, 0.2) is 5.78 Å². The number of ketones is 1. The normalized spacial score (nSPS) is 11.3. The Bertz CT molecular complexity index is 1550. The van der Waals surface area contributed by atoms with E-state index in [0.717, 1.165) is 0 Å². The second-order valence-electron chi connectivity index (χ2n) is 8.29. The van der Waals surface area contributed by atoms with Crippen molar-refractivity contribution in [2.75, 3.05) is 5.32 Å². The van der Waals surface area contributed by atoms with Crippen molar-refractivity contribution in [2.24, 2.45) is 0 Å². The smallest absolute Gasteiger partial charge is 0.272 e. The number of benzene rings is 4. The zero-order chi connectivity index (χ0) is 27.8. The average Bonchev–Trinajstić information content (AvgIpc) is 2.94. The molecule has 0 atom stereocenters. The molecule has 0 unspecified atom stereocenters. The van der Waals surface area contributed by atoms with E-state index in [1.165, 1.54) is 85.0 Å². The number of amides is 2. The van der Waals surface area contributed by atoms with E-state index in [-0.39, 0.29) is 22.1 Å². The van der Waals surface area contributed by atoms with Gasteiger partial charge in [-0.3, -0.25) is 14.4 Å². The van der Waals surface area contributed by atoms with Gasteiger partial charge in [0.05, 0.1) is 5.02 Å². The van der Waals surface area contributed by atoms with Gasteiger partial charge in [-0.1, -0.05) is 48.0 Å². The maximum Gasteiger partial charge on any atom is 0.272 e. The van der Waals surface area contributed by atoms with E-state index in [9.17, 15) is 23.2 Å². The van der Waals surface area contributed by atoms with Gasteiger partial charge in [0.2, 0.25) is 0 Å². The van der Waals surface area contributed by atoms with Gasteiger partial charge in [-0.25, -0.2) is 8.78 Å². The van der Waals surface area contributed by atoms with Gasteiger partial charge in [-0.15, -0.1) is 0 Å². The summed E-state index contributed by atoms with van der Waals surface area (Å²) in [5.41, 5.74) is 1.54. The van der Waals surface area contributed by atoms with Crippen LogP contribution in [0.1, 0.15) is 31.8 Å². The highest BCUT2D eigenvalue weighted by Crippen LogP contribution is 2.21. The Labute approximate surface area is 228 Å². The molecule has 0 fully saturated rings. The lowest BCUT2D eigenvalue weighted by Crippen LogP contribution is -2.30. The molecule has 0 aliphatic rings. The SMILES string of the molecule is O=C(Nc1ccc(C(=O)/C=C/c2c(F)cccc2Cl)cc1)/C(=C/c1ccc(F)cc1)NC(=O)c1ccccc1. The zero-order valence-corrected chi connectivity index (χ0v) is 21.1. The van der Waals surface area contributed by atoms with Crippen molar-refractivity contribution in [1.29, 1.82) is 0 Å². The van der Waals surface area contributed by atoms with Crippen LogP contribution in [0.25, 0.3) is 12.2 Å². The lowest BCUT2D eigenvalue weighted by atomic mass is 10.1. The van der Waals surface area contributed by atoms with E-state index in [1.807, 2.05) is 0 Å². The molecule has 4 aromatic carbocycles. The highest BCUT2D eigenvalue weighted by Gasteiger charge is 2.15. The van der Waals surface area contributed by atoms with Gasteiger partial charge in [0, 0.05) is 22.4 Å². The zero-order valence-electron chi connectivity index (χ0n) is 20.3. The minimum absolute atomic E-state index is 0.0692. The number of nitrogens with one attached hydrogen (secondary N) is 2. The third kappa shape index (κ3) is 7.34. The van der Waals surface area contributed by atoms with E-state index < -0.39 is 23.4 Å². The monoisotopic (exact) mass is 542 g/mol. The second-order valence-corrected chi connectivity index (χ2v) is 8.70. The molecule has 5 nitrogen and oxygen atoms in total. The molecule has 39 heavy (non-hydrogen) atoms. The lowest BCUT2D eigenvalue weighted by Gasteiger charge is -2.12. The average molecular weight is 543 g/mol. The van der Waals surface area contributed by atoms with Crippen LogP contribution in [-0.2, 0) is 4.79 Å². The number of rotatable bonds is 8. The number of carbonyl (C=O) groups is 3. The highest BCUT2D eigenvalue weighted by atomic mass is 35.5. The number of hydrogen-bond acceptors (Lipinski definition) is 3. The molecule has 0 radical (unpaired) electrons. The minimum atomic E-state index is -0.628. The van der Waals surface area contributed by atoms with Gasteiger partial charge in [-0.05, 0) is 84.5 Å². The Morgan fingerprint density at radius 2 is 1.44 bits per heavy atom. The molecule has 0 aliphatic heterocycles. The van der Waals surface area contributed by atoms with Crippen LogP contribution >= 0.6 is 11.6 Å². The third-order valence-electron chi connectivity index (χ3n) is 5.54. The van der Waals surface area contributed by atoms with Crippen molar-refractivity contribution in [3.8, 4) is 0 Å². The van der Waals surface area contributed by atoms with Crippen molar-refractivity contribution in [1.82, 2.24) is 5.32 Å². The summed E-state index contributed by atoms with van der Waals surface area (Å²) in [4.78, 5) is 38.4. The molecule has 2 N–H and O–H groups in total. The fraction of sp³-hybridized carbons (Fsp3) is 0. The molecule has 2 amide bonds. The standard InChI is InChI=1S/C31H21ClF2N2O3/c32-26-7-4-8-27(34)25(26)17-18-29(37)21-11-15-24(16-12-21)35-31(39)28(19-20-9-13-23(33)14-10-20)36-30(38)22-5-2-1-3-6-22/h1-19H,(H,35,39)(H,36,38)/b18-17+,28-19-. The summed E-state index contributed by atoms with van der Waals surface area (Å²) in [7, 11) is 0. The van der Waals surface area contributed by atoms with Crippen LogP contribution in [0.4, 0.5) is 14.5 Å². The first-order valence-electron chi connectivity index (χ1n) is 11.7. The Hall–Kier alpha value is -4.88. The molecular formula is C31H21ClF2N2O3. The fourth-order valence-electron chi connectivity index (χ4n) is 3.51. The summed E-state index contributed by atoms with van der Waals surface area (Å²) in [5.74, 6) is -2.50. The topological polar surface area (TPSA) is 75.3 Å². The van der Waals surface area contributed by atoms with Crippen LogP contribution < -0.4 is 10.6 Å². The molecule has 4 aromatic rings. The van der Waals surface area contributed by atoms with Crippen LogP contribution in [0.15, 0.2) is 109 Å². The lowest BCUT2D eigenvalue weighted by molar-refractivity contribution is -0.113. The van der Waals surface area contributed by atoms with Crippen molar-refractivity contribution in [3.05, 3.63) is 148 Å². The third-order valence-corrected chi connectivity index (χ3v) is 5.87. The summed E-state index contributed by atoms with van der Waals surface area (Å²) >= 11 is 5.99. The van der Waals surface area contributed by atoms with Crippen molar-refractivity contribution >= 4 is 47.0 Å². The molecule has 8 heteroatoms. The molecule has 0 heterocycles. The van der Waals surface area contributed by atoms with E-state index >= 15 is 0 Å². The predicted octanol–water partition coefficient (Wildman–Crippen LogP) is 6.92. The van der Waals surface area contributed by atoms with Crippen LogP contribution in [0.3, 0.4) is 0 Å². The molecule has 0 aromatic heterocycles. The molecule has 0 spiro atoms. The van der Waals surface area contributed by atoms with Gasteiger partial charge in [0.25, 0.3) is 11.8 Å². The minimum Gasteiger partial charge on any atom is -0.321 e. The molecular weight excluding hydrogens is 522 g/mol. The fourth-order valence-corrected chi connectivity index (χ4v) is 3.74. The Balaban J connectivity index is 1.50. The number of allylic oxidation sites excluding steroid dienone is 1. The van der Waals surface area contributed by atoms with Crippen LogP contribution in [0, 0.1) is 11.6 Å². The summed E-state index contributed by atoms with van der Waals surface area (Å²) < 4.78 is 27.3. The Morgan fingerprint density at radius 3 is 2.10 bits per heavy atom. The largest absolute Gasteiger partial charge is 0.321 e. The molecule has 0 saturated carbocycles. The number of anilines is 1. The van der Waals surface area contributed by atoms with Gasteiger partial charge in [0.1, 0.15) is 17.3 Å². The van der Waals surface area contributed by atoms with Gasteiger partial charge in [-0.2, -0.15) is 0 Å². The molecule has 0 saturated heterocycles. The molecule has 0 aliphatic carbocycles.